The first-order valence-electron chi connectivity index (χ1n) is 6.11. The lowest BCUT2D eigenvalue weighted by Crippen LogP contribution is -2.45. The van der Waals surface area contributed by atoms with Crippen LogP contribution in [0.1, 0.15) is 18.4 Å². The van der Waals surface area contributed by atoms with Crippen LogP contribution in [0.15, 0.2) is 18.2 Å². The van der Waals surface area contributed by atoms with Crippen LogP contribution in [0.5, 0.6) is 11.5 Å². The number of sulfonamides is 1. The number of nitrogens with two attached hydrogens (primary N) is 1. The summed E-state index contributed by atoms with van der Waals surface area (Å²) in [6, 6.07) is 3.00. The minimum absolute atomic E-state index is 0.0554. The third-order valence-corrected chi connectivity index (χ3v) is 4.87. The summed E-state index contributed by atoms with van der Waals surface area (Å²) in [5.41, 5.74) is 6.16. The number of phenolic OH excluding ortho intramolecular Hbond substituents is 2. The minimum Gasteiger partial charge on any atom is -0.504 e. The Morgan fingerprint density at radius 1 is 1.35 bits per heavy atom. The smallest absolute Gasteiger partial charge is 0.250 e. The van der Waals surface area contributed by atoms with Crippen LogP contribution in [-0.2, 0) is 21.2 Å². The van der Waals surface area contributed by atoms with Crippen LogP contribution < -0.4 is 10.5 Å². The quantitative estimate of drug-likeness (QED) is 0.546. The van der Waals surface area contributed by atoms with Gasteiger partial charge in [0.25, 0.3) is 5.91 Å². The van der Waals surface area contributed by atoms with Crippen LogP contribution in [0, 0.1) is 0 Å². The molecule has 7 nitrogen and oxygen atoms in total. The molecular weight excluding hydrogens is 284 g/mol. The zero-order valence-corrected chi connectivity index (χ0v) is 11.4. The normalized spacial score (nSPS) is 16.6. The van der Waals surface area contributed by atoms with Gasteiger partial charge in [-0.15, -0.1) is 0 Å². The molecule has 0 aliphatic heterocycles. The molecule has 5 N–H and O–H groups in total. The van der Waals surface area contributed by atoms with E-state index in [1.807, 2.05) is 4.72 Å². The van der Waals surface area contributed by atoms with Gasteiger partial charge in [0.15, 0.2) is 11.5 Å². The largest absolute Gasteiger partial charge is 0.504 e. The van der Waals surface area contributed by atoms with Crippen LogP contribution in [0.3, 0.4) is 0 Å². The summed E-state index contributed by atoms with van der Waals surface area (Å²) >= 11 is 0. The van der Waals surface area contributed by atoms with Gasteiger partial charge < -0.3 is 15.9 Å². The number of carbonyl (C=O) groups is 1. The number of phenols is 2. The molecule has 0 radical (unpaired) electrons. The maximum absolute atomic E-state index is 11.7. The molecule has 1 aromatic carbocycles. The van der Waals surface area contributed by atoms with Crippen molar-refractivity contribution in [1.82, 2.24) is 4.72 Å². The van der Waals surface area contributed by atoms with Crippen molar-refractivity contribution in [3.63, 3.8) is 0 Å². The van der Waals surface area contributed by atoms with Gasteiger partial charge in [0.05, 0.1) is 11.3 Å². The minimum atomic E-state index is -3.61. The Balaban J connectivity index is 1.98. The summed E-state index contributed by atoms with van der Waals surface area (Å²) in [7, 11) is -3.61. The van der Waals surface area contributed by atoms with Gasteiger partial charge >= 0.3 is 0 Å². The standard InChI is InChI=1S/C12H16N2O5S/c13-9(5-7-1-4-10(15)11(16)6-7)12(17)14-20(18,19)8-2-3-8/h1,4,6,8-9,15-16H,2-3,5,13H2,(H,14,17)/t9-/m0/s1. The van der Waals surface area contributed by atoms with E-state index < -0.39 is 27.2 Å². The molecule has 0 spiro atoms. The third-order valence-electron chi connectivity index (χ3n) is 3.04. The fourth-order valence-electron chi connectivity index (χ4n) is 1.72. The van der Waals surface area contributed by atoms with Gasteiger partial charge in [-0.2, -0.15) is 0 Å². The number of aromatic hydroxyl groups is 2. The van der Waals surface area contributed by atoms with Gasteiger partial charge in [0.1, 0.15) is 0 Å². The van der Waals surface area contributed by atoms with E-state index in [0.717, 1.165) is 0 Å². The highest BCUT2D eigenvalue weighted by Gasteiger charge is 2.37. The van der Waals surface area contributed by atoms with Crippen LogP contribution in [-0.4, -0.2) is 35.8 Å². The lowest BCUT2D eigenvalue weighted by Gasteiger charge is -2.12. The molecule has 110 valence electrons. The highest BCUT2D eigenvalue weighted by Crippen LogP contribution is 2.27. The molecule has 0 aromatic heterocycles. The highest BCUT2D eigenvalue weighted by atomic mass is 32.2. The Kier molecular flexibility index (Phi) is 3.87. The topological polar surface area (TPSA) is 130 Å². The van der Waals surface area contributed by atoms with Crippen LogP contribution >= 0.6 is 0 Å². The van der Waals surface area contributed by atoms with Gasteiger partial charge in [0, 0.05) is 0 Å². The Morgan fingerprint density at radius 2 is 2.00 bits per heavy atom. The number of carbonyl (C=O) groups excluding carboxylic acids is 1. The maximum Gasteiger partial charge on any atom is 0.250 e. The van der Waals surface area contributed by atoms with E-state index in [0.29, 0.717) is 18.4 Å². The predicted molar refractivity (Wildman–Crippen MR) is 71.5 cm³/mol. The van der Waals surface area contributed by atoms with Crippen molar-refractivity contribution in [3.8, 4) is 11.5 Å². The Hall–Kier alpha value is -1.80. The summed E-state index contributed by atoms with van der Waals surface area (Å²) < 4.78 is 25.2. The molecular formula is C12H16N2O5S. The van der Waals surface area contributed by atoms with Gasteiger partial charge in [-0.25, -0.2) is 8.42 Å². The molecule has 0 unspecified atom stereocenters. The second-order valence-corrected chi connectivity index (χ2v) is 6.81. The lowest BCUT2D eigenvalue weighted by atomic mass is 10.1. The first-order valence-corrected chi connectivity index (χ1v) is 7.66. The van der Waals surface area contributed by atoms with Crippen molar-refractivity contribution >= 4 is 15.9 Å². The molecule has 2 rings (SSSR count). The first-order chi connectivity index (χ1) is 9.29. The summed E-state index contributed by atoms with van der Waals surface area (Å²) in [6.45, 7) is 0. The first kappa shape index (κ1) is 14.6. The molecule has 1 fully saturated rings. The fourth-order valence-corrected chi connectivity index (χ4v) is 3.08. The Labute approximate surface area is 116 Å². The average molecular weight is 300 g/mol. The van der Waals surface area contributed by atoms with Crippen LogP contribution in [0.2, 0.25) is 0 Å². The van der Waals surface area contributed by atoms with Gasteiger partial charge in [-0.05, 0) is 37.0 Å². The third kappa shape index (κ3) is 3.40. The van der Waals surface area contributed by atoms with E-state index >= 15 is 0 Å². The lowest BCUT2D eigenvalue weighted by molar-refractivity contribution is -0.120. The molecule has 8 heteroatoms. The van der Waals surface area contributed by atoms with Crippen molar-refractivity contribution < 1.29 is 23.4 Å². The van der Waals surface area contributed by atoms with E-state index in [9.17, 15) is 18.3 Å². The molecule has 1 atom stereocenters. The molecule has 0 bridgehead atoms. The number of nitrogens with one attached hydrogen (secondary N) is 1. The van der Waals surface area contributed by atoms with Crippen molar-refractivity contribution in [2.75, 3.05) is 0 Å². The van der Waals surface area contributed by atoms with Crippen molar-refractivity contribution in [1.29, 1.82) is 0 Å². The fraction of sp³-hybridized carbons (Fsp3) is 0.417. The molecule has 1 aliphatic rings. The van der Waals surface area contributed by atoms with E-state index in [1.54, 1.807) is 0 Å². The zero-order valence-electron chi connectivity index (χ0n) is 10.6. The summed E-state index contributed by atoms with van der Waals surface area (Å²) in [5.74, 6) is -1.37. The molecule has 1 amide bonds. The second kappa shape index (κ2) is 5.29. The Bertz CT molecular complexity index is 625. The summed E-state index contributed by atoms with van der Waals surface area (Å²) in [4.78, 5) is 11.7. The van der Waals surface area contributed by atoms with E-state index in [1.165, 1.54) is 18.2 Å². The Morgan fingerprint density at radius 3 is 2.55 bits per heavy atom. The molecule has 20 heavy (non-hydrogen) atoms. The molecule has 1 aromatic rings. The monoisotopic (exact) mass is 300 g/mol. The second-order valence-electron chi connectivity index (χ2n) is 4.84. The van der Waals surface area contributed by atoms with E-state index in [4.69, 9.17) is 10.8 Å². The maximum atomic E-state index is 11.7. The van der Waals surface area contributed by atoms with Gasteiger partial charge in [0.2, 0.25) is 10.0 Å². The van der Waals surface area contributed by atoms with Crippen molar-refractivity contribution in [2.45, 2.75) is 30.6 Å². The average Bonchev–Trinajstić information content (AvgIpc) is 3.17. The predicted octanol–water partition coefficient (Wildman–Crippen LogP) is -0.424. The van der Waals surface area contributed by atoms with E-state index in [2.05, 4.69) is 0 Å². The SMILES string of the molecule is N[C@@H](Cc1ccc(O)c(O)c1)C(=O)NS(=O)(=O)C1CC1. The summed E-state index contributed by atoms with van der Waals surface area (Å²) in [5, 5.41) is 18.0. The molecule has 0 heterocycles. The van der Waals surface area contributed by atoms with Crippen LogP contribution in [0.4, 0.5) is 0 Å². The zero-order chi connectivity index (χ0) is 14.9. The number of hydrogen-bond donors (Lipinski definition) is 4. The number of rotatable bonds is 5. The number of amides is 1. The highest BCUT2D eigenvalue weighted by molar-refractivity contribution is 7.90. The van der Waals surface area contributed by atoms with Gasteiger partial charge in [-0.1, -0.05) is 6.07 Å². The van der Waals surface area contributed by atoms with Crippen molar-refractivity contribution in [2.24, 2.45) is 5.73 Å². The molecule has 1 aliphatic carbocycles. The summed E-state index contributed by atoms with van der Waals surface area (Å²) in [6.07, 6.45) is 1.17. The molecule has 0 saturated heterocycles. The number of hydrogen-bond acceptors (Lipinski definition) is 6. The van der Waals surface area contributed by atoms with Gasteiger partial charge in [-0.3, -0.25) is 9.52 Å². The van der Waals surface area contributed by atoms with E-state index in [-0.39, 0.29) is 17.9 Å². The molecule has 1 saturated carbocycles. The van der Waals surface area contributed by atoms with Crippen LogP contribution in [0.25, 0.3) is 0 Å². The number of benzene rings is 1. The van der Waals surface area contributed by atoms with Crippen molar-refractivity contribution in [3.05, 3.63) is 23.8 Å².